The first-order chi connectivity index (χ1) is 8.08. The molecule has 2 aromatic rings. The maximum Gasteiger partial charge on any atom is 0.126 e. The Morgan fingerprint density at radius 1 is 0.882 bits per heavy atom. The molecule has 0 bridgehead atoms. The molecule has 17 heavy (non-hydrogen) atoms. The van der Waals surface area contributed by atoms with Gasteiger partial charge in [-0.15, -0.1) is 0 Å². The van der Waals surface area contributed by atoms with E-state index in [0.717, 1.165) is 11.1 Å². The van der Waals surface area contributed by atoms with Gasteiger partial charge in [0.1, 0.15) is 11.6 Å². The molecule has 0 radical (unpaired) electrons. The normalized spacial score (nSPS) is 10.6. The van der Waals surface area contributed by atoms with Crippen LogP contribution in [0.1, 0.15) is 22.3 Å². The van der Waals surface area contributed by atoms with Gasteiger partial charge in [-0.05, 0) is 48.2 Å². The topological polar surface area (TPSA) is 0 Å². The van der Waals surface area contributed by atoms with Crippen LogP contribution < -0.4 is 0 Å². The Bertz CT molecular complexity index is 524. The third-order valence-electron chi connectivity index (χ3n) is 2.97. The molecule has 0 aromatic heterocycles. The van der Waals surface area contributed by atoms with E-state index in [1.54, 1.807) is 19.1 Å². The lowest BCUT2D eigenvalue weighted by Crippen LogP contribution is -1.97. The number of aryl methyl sites for hydroxylation is 2. The summed E-state index contributed by atoms with van der Waals surface area (Å²) in [6.07, 6.45) is 0.426. The highest BCUT2D eigenvalue weighted by molar-refractivity contribution is 5.34. The van der Waals surface area contributed by atoms with E-state index < -0.39 is 0 Å². The standard InChI is InChI=1S/C15H14F2/c1-10-4-3-5-14(16)13(10)8-12-7-6-11(2)15(17)9-12/h3-7,9H,8H2,1-2H3. The van der Waals surface area contributed by atoms with Crippen molar-refractivity contribution in [2.45, 2.75) is 20.3 Å². The molecule has 0 N–H and O–H groups in total. The lowest BCUT2D eigenvalue weighted by molar-refractivity contribution is 0.607. The van der Waals surface area contributed by atoms with Gasteiger partial charge in [-0.25, -0.2) is 8.78 Å². The SMILES string of the molecule is Cc1ccc(Cc2c(C)cccc2F)cc1F. The summed E-state index contributed by atoms with van der Waals surface area (Å²) >= 11 is 0. The van der Waals surface area contributed by atoms with Crippen LogP contribution in [0.2, 0.25) is 0 Å². The summed E-state index contributed by atoms with van der Waals surface area (Å²) in [6, 6.07) is 10.0. The van der Waals surface area contributed by atoms with E-state index >= 15 is 0 Å². The quantitative estimate of drug-likeness (QED) is 0.729. The lowest BCUT2D eigenvalue weighted by atomic mass is 9.99. The Balaban J connectivity index is 2.35. The summed E-state index contributed by atoms with van der Waals surface area (Å²) in [5.41, 5.74) is 2.93. The van der Waals surface area contributed by atoms with Gasteiger partial charge in [-0.3, -0.25) is 0 Å². The van der Waals surface area contributed by atoms with E-state index in [2.05, 4.69) is 0 Å². The molecule has 0 saturated heterocycles. The fraction of sp³-hybridized carbons (Fsp3) is 0.200. The van der Waals surface area contributed by atoms with Crippen LogP contribution in [0.3, 0.4) is 0 Å². The molecule has 2 rings (SSSR count). The molecule has 2 heteroatoms. The number of rotatable bonds is 2. The second-order valence-corrected chi connectivity index (χ2v) is 4.30. The van der Waals surface area contributed by atoms with Crippen molar-refractivity contribution in [1.82, 2.24) is 0 Å². The lowest BCUT2D eigenvalue weighted by Gasteiger charge is -2.08. The predicted octanol–water partition coefficient (Wildman–Crippen LogP) is 4.17. The van der Waals surface area contributed by atoms with E-state index in [4.69, 9.17) is 0 Å². The second kappa shape index (κ2) is 4.66. The minimum Gasteiger partial charge on any atom is -0.207 e. The fourth-order valence-electron chi connectivity index (χ4n) is 1.84. The molecule has 0 heterocycles. The summed E-state index contributed by atoms with van der Waals surface area (Å²) in [5.74, 6) is -0.470. The maximum absolute atomic E-state index is 13.6. The Morgan fingerprint density at radius 2 is 1.65 bits per heavy atom. The van der Waals surface area contributed by atoms with Crippen molar-refractivity contribution in [3.63, 3.8) is 0 Å². The first-order valence-corrected chi connectivity index (χ1v) is 5.57. The molecule has 2 aromatic carbocycles. The molecule has 0 unspecified atom stereocenters. The maximum atomic E-state index is 13.6. The Morgan fingerprint density at radius 3 is 2.29 bits per heavy atom. The highest BCUT2D eigenvalue weighted by Gasteiger charge is 2.07. The molecule has 0 nitrogen and oxygen atoms in total. The van der Waals surface area contributed by atoms with E-state index in [-0.39, 0.29) is 11.6 Å². The van der Waals surface area contributed by atoms with Gasteiger partial charge >= 0.3 is 0 Å². The number of halogens is 2. The average molecular weight is 232 g/mol. The zero-order valence-electron chi connectivity index (χ0n) is 9.93. The van der Waals surface area contributed by atoms with Crippen LogP contribution >= 0.6 is 0 Å². The molecule has 0 atom stereocenters. The minimum absolute atomic E-state index is 0.231. The monoisotopic (exact) mass is 232 g/mol. The van der Waals surface area contributed by atoms with Gasteiger partial charge in [0.05, 0.1) is 0 Å². The van der Waals surface area contributed by atoms with Gasteiger partial charge in [-0.2, -0.15) is 0 Å². The van der Waals surface area contributed by atoms with Gasteiger partial charge in [0, 0.05) is 6.42 Å². The second-order valence-electron chi connectivity index (χ2n) is 4.30. The molecule has 0 spiro atoms. The third kappa shape index (κ3) is 2.52. The Labute approximate surface area is 99.9 Å². The van der Waals surface area contributed by atoms with Gasteiger partial charge < -0.3 is 0 Å². The van der Waals surface area contributed by atoms with Crippen molar-refractivity contribution >= 4 is 0 Å². The molecule has 0 saturated carbocycles. The summed E-state index contributed by atoms with van der Waals surface area (Å²) in [5, 5.41) is 0. The number of benzene rings is 2. The first-order valence-electron chi connectivity index (χ1n) is 5.57. The zero-order chi connectivity index (χ0) is 12.4. The molecular formula is C15H14F2. The fourth-order valence-corrected chi connectivity index (χ4v) is 1.84. The minimum atomic E-state index is -0.239. The molecule has 0 aliphatic carbocycles. The summed E-state index contributed by atoms with van der Waals surface area (Å²) in [7, 11) is 0. The van der Waals surface area contributed by atoms with Gasteiger partial charge in [-0.1, -0.05) is 24.3 Å². The molecule has 0 amide bonds. The van der Waals surface area contributed by atoms with Crippen molar-refractivity contribution in [3.05, 3.63) is 70.3 Å². The Kier molecular flexibility index (Phi) is 3.23. The average Bonchev–Trinajstić information content (AvgIpc) is 2.28. The highest BCUT2D eigenvalue weighted by atomic mass is 19.1. The molecule has 0 aliphatic heterocycles. The largest absolute Gasteiger partial charge is 0.207 e. The molecule has 0 aliphatic rings. The van der Waals surface area contributed by atoms with Crippen molar-refractivity contribution < 1.29 is 8.78 Å². The number of hydrogen-bond acceptors (Lipinski definition) is 0. The summed E-state index contributed by atoms with van der Waals surface area (Å²) in [6.45, 7) is 3.58. The van der Waals surface area contributed by atoms with Crippen molar-refractivity contribution in [2.24, 2.45) is 0 Å². The first kappa shape index (κ1) is 11.8. The van der Waals surface area contributed by atoms with Gasteiger partial charge in [0.2, 0.25) is 0 Å². The number of hydrogen-bond donors (Lipinski definition) is 0. The van der Waals surface area contributed by atoms with Crippen molar-refractivity contribution in [3.8, 4) is 0 Å². The van der Waals surface area contributed by atoms with Crippen LogP contribution in [0.15, 0.2) is 36.4 Å². The van der Waals surface area contributed by atoms with Crippen molar-refractivity contribution in [1.29, 1.82) is 0 Å². The highest BCUT2D eigenvalue weighted by Crippen LogP contribution is 2.18. The van der Waals surface area contributed by atoms with Crippen molar-refractivity contribution in [2.75, 3.05) is 0 Å². The van der Waals surface area contributed by atoms with Crippen LogP contribution in [-0.2, 0) is 6.42 Å². The predicted molar refractivity (Wildman–Crippen MR) is 65.1 cm³/mol. The van der Waals surface area contributed by atoms with E-state index in [0.29, 0.717) is 17.5 Å². The molecule has 88 valence electrons. The van der Waals surface area contributed by atoms with Crippen LogP contribution in [0.25, 0.3) is 0 Å². The Hall–Kier alpha value is -1.70. The third-order valence-corrected chi connectivity index (χ3v) is 2.97. The summed E-state index contributed by atoms with van der Waals surface area (Å²) in [4.78, 5) is 0. The van der Waals surface area contributed by atoms with E-state index in [1.807, 2.05) is 19.1 Å². The molecule has 0 fully saturated rings. The van der Waals surface area contributed by atoms with Crippen LogP contribution in [0.4, 0.5) is 8.78 Å². The van der Waals surface area contributed by atoms with Gasteiger partial charge in [0.15, 0.2) is 0 Å². The zero-order valence-corrected chi connectivity index (χ0v) is 9.93. The van der Waals surface area contributed by atoms with Crippen LogP contribution in [0, 0.1) is 25.5 Å². The van der Waals surface area contributed by atoms with Crippen LogP contribution in [-0.4, -0.2) is 0 Å². The van der Waals surface area contributed by atoms with Crippen LogP contribution in [0.5, 0.6) is 0 Å². The smallest absolute Gasteiger partial charge is 0.126 e. The van der Waals surface area contributed by atoms with E-state index in [9.17, 15) is 8.78 Å². The van der Waals surface area contributed by atoms with Gasteiger partial charge in [0.25, 0.3) is 0 Å². The molecular weight excluding hydrogens is 218 g/mol. The summed E-state index contributed by atoms with van der Waals surface area (Å²) < 4.78 is 27.0. The van der Waals surface area contributed by atoms with E-state index in [1.165, 1.54) is 12.1 Å².